The summed E-state index contributed by atoms with van der Waals surface area (Å²) in [6, 6.07) is 23.2. The number of fused-ring (bicyclic) bond motifs is 2. The lowest BCUT2D eigenvalue weighted by Gasteiger charge is -2.36. The molecule has 1 N–H and O–H groups in total. The Balaban J connectivity index is 1.36. The smallest absolute Gasteiger partial charge is 0.233 e. The normalized spacial score (nSPS) is 17.7. The Labute approximate surface area is 176 Å². The highest BCUT2D eigenvalue weighted by molar-refractivity contribution is 5.83. The first kappa shape index (κ1) is 19.0. The van der Waals surface area contributed by atoms with Gasteiger partial charge in [0.25, 0.3) is 0 Å². The quantitative estimate of drug-likeness (QED) is 0.544. The summed E-state index contributed by atoms with van der Waals surface area (Å²) in [5.41, 5.74) is 3.74. The van der Waals surface area contributed by atoms with E-state index in [2.05, 4.69) is 69.7 Å². The van der Waals surface area contributed by atoms with Gasteiger partial charge in [-0.3, -0.25) is 4.90 Å². The second-order valence-electron chi connectivity index (χ2n) is 8.12. The second kappa shape index (κ2) is 8.01. The number of hydrogen-bond acceptors (Lipinski definition) is 5. The molecule has 3 aromatic carbocycles. The maximum Gasteiger partial charge on any atom is 0.233 e. The van der Waals surface area contributed by atoms with Crippen molar-refractivity contribution in [2.24, 2.45) is 0 Å². The minimum atomic E-state index is -0.483. The van der Waals surface area contributed by atoms with Gasteiger partial charge in [-0.25, -0.2) is 0 Å². The highest BCUT2D eigenvalue weighted by Gasteiger charge is 2.32. The van der Waals surface area contributed by atoms with E-state index in [4.69, 9.17) is 4.42 Å². The molecule has 0 unspecified atom stereocenters. The summed E-state index contributed by atoms with van der Waals surface area (Å²) < 4.78 is 5.77. The van der Waals surface area contributed by atoms with Gasteiger partial charge in [-0.1, -0.05) is 66.7 Å². The first-order valence-corrected chi connectivity index (χ1v) is 10.4. The van der Waals surface area contributed by atoms with Crippen molar-refractivity contribution in [1.82, 2.24) is 15.1 Å². The molecular weight excluding hydrogens is 374 g/mol. The van der Waals surface area contributed by atoms with Crippen molar-refractivity contribution in [2.45, 2.75) is 38.5 Å². The van der Waals surface area contributed by atoms with Crippen molar-refractivity contribution in [3.05, 3.63) is 95.2 Å². The lowest BCUT2D eigenvalue weighted by molar-refractivity contribution is 0.0653. The summed E-state index contributed by atoms with van der Waals surface area (Å²) in [5, 5.41) is 21.7. The molecule has 2 atom stereocenters. The fraction of sp³-hybridized carbons (Fsp3) is 0.280. The first-order valence-electron chi connectivity index (χ1n) is 10.4. The molecule has 0 aliphatic carbocycles. The molecule has 5 heteroatoms. The summed E-state index contributed by atoms with van der Waals surface area (Å²) in [7, 11) is 0. The molecule has 5 nitrogen and oxygen atoms in total. The monoisotopic (exact) mass is 399 g/mol. The maximum atomic E-state index is 10.9. The average Bonchev–Trinajstić information content (AvgIpc) is 3.19. The molecule has 4 aromatic rings. The summed E-state index contributed by atoms with van der Waals surface area (Å²) in [6.07, 6.45) is 0.932. The van der Waals surface area contributed by atoms with Crippen molar-refractivity contribution in [2.75, 3.05) is 6.54 Å². The van der Waals surface area contributed by atoms with Gasteiger partial charge in [-0.05, 0) is 40.3 Å². The van der Waals surface area contributed by atoms with Crippen molar-refractivity contribution in [3.8, 4) is 0 Å². The molecule has 0 radical (unpaired) electrons. The third-order valence-corrected chi connectivity index (χ3v) is 5.90. The zero-order chi connectivity index (χ0) is 20.5. The summed E-state index contributed by atoms with van der Waals surface area (Å²) >= 11 is 0. The number of aliphatic hydroxyl groups is 1. The number of rotatable bonds is 5. The number of aryl methyl sites for hydroxylation is 1. The van der Waals surface area contributed by atoms with Crippen LogP contribution in [0, 0.1) is 6.92 Å². The Morgan fingerprint density at radius 2 is 1.77 bits per heavy atom. The second-order valence-corrected chi connectivity index (χ2v) is 8.12. The van der Waals surface area contributed by atoms with Crippen LogP contribution in [-0.2, 0) is 19.4 Å². The number of aromatic nitrogens is 2. The summed E-state index contributed by atoms with van der Waals surface area (Å²) in [6.45, 7) is 3.12. The Bertz CT molecular complexity index is 1170. The van der Waals surface area contributed by atoms with E-state index in [1.165, 1.54) is 21.9 Å². The molecule has 30 heavy (non-hydrogen) atoms. The molecule has 0 saturated heterocycles. The number of hydrogen-bond donors (Lipinski definition) is 1. The van der Waals surface area contributed by atoms with Crippen LogP contribution in [0.3, 0.4) is 0 Å². The maximum absolute atomic E-state index is 10.9. The summed E-state index contributed by atoms with van der Waals surface area (Å²) in [4.78, 5) is 2.26. The zero-order valence-electron chi connectivity index (χ0n) is 17.0. The van der Waals surface area contributed by atoms with Crippen LogP contribution in [0.15, 0.2) is 71.1 Å². The molecule has 0 saturated carbocycles. The molecule has 1 aromatic heterocycles. The van der Waals surface area contributed by atoms with E-state index in [1.807, 2.05) is 19.1 Å². The highest BCUT2D eigenvalue weighted by Crippen LogP contribution is 2.33. The predicted molar refractivity (Wildman–Crippen MR) is 116 cm³/mol. The van der Waals surface area contributed by atoms with Gasteiger partial charge in [-0.2, -0.15) is 0 Å². The third kappa shape index (κ3) is 3.86. The molecule has 0 fully saturated rings. The number of aliphatic hydroxyl groups excluding tert-OH is 1. The Hall–Kier alpha value is -3.02. The Morgan fingerprint density at radius 3 is 2.57 bits per heavy atom. The van der Waals surface area contributed by atoms with Crippen LogP contribution >= 0.6 is 0 Å². The van der Waals surface area contributed by atoms with Crippen LogP contribution < -0.4 is 0 Å². The van der Waals surface area contributed by atoms with E-state index in [1.54, 1.807) is 0 Å². The molecule has 5 rings (SSSR count). The molecular formula is C25H25N3O2. The van der Waals surface area contributed by atoms with Gasteiger partial charge >= 0.3 is 0 Å². The number of benzene rings is 3. The zero-order valence-corrected chi connectivity index (χ0v) is 17.0. The van der Waals surface area contributed by atoms with Crippen molar-refractivity contribution >= 4 is 10.8 Å². The van der Waals surface area contributed by atoms with E-state index >= 15 is 0 Å². The fourth-order valence-corrected chi connectivity index (χ4v) is 4.43. The van der Waals surface area contributed by atoms with Crippen LogP contribution in [0.1, 0.15) is 34.5 Å². The fourth-order valence-electron chi connectivity index (χ4n) is 4.43. The van der Waals surface area contributed by atoms with Gasteiger partial charge in [-0.15, -0.1) is 10.2 Å². The molecule has 0 bridgehead atoms. The minimum absolute atomic E-state index is 0.0210. The van der Waals surface area contributed by atoms with Crippen LogP contribution in [-0.4, -0.2) is 32.9 Å². The van der Waals surface area contributed by atoms with E-state index in [-0.39, 0.29) is 6.04 Å². The lowest BCUT2D eigenvalue weighted by Crippen LogP contribution is -2.40. The predicted octanol–water partition coefficient (Wildman–Crippen LogP) is 4.23. The van der Waals surface area contributed by atoms with E-state index in [0.717, 1.165) is 18.5 Å². The third-order valence-electron chi connectivity index (χ3n) is 5.90. The number of β-amino-alcohol motifs (C(OH)–C–C–N with tert-alkyl or cyclic N) is 1. The Morgan fingerprint density at radius 1 is 1.00 bits per heavy atom. The van der Waals surface area contributed by atoms with E-state index in [9.17, 15) is 5.11 Å². The van der Waals surface area contributed by atoms with Crippen LogP contribution in [0.4, 0.5) is 0 Å². The highest BCUT2D eigenvalue weighted by atomic mass is 16.4. The van der Waals surface area contributed by atoms with Gasteiger partial charge in [0.1, 0.15) is 0 Å². The average molecular weight is 399 g/mol. The minimum Gasteiger partial charge on any atom is -0.424 e. The van der Waals surface area contributed by atoms with Crippen LogP contribution in [0.5, 0.6) is 0 Å². The lowest BCUT2D eigenvalue weighted by atomic mass is 9.93. The van der Waals surface area contributed by atoms with Gasteiger partial charge in [0.05, 0.1) is 12.1 Å². The van der Waals surface area contributed by atoms with Crippen molar-refractivity contribution in [3.63, 3.8) is 0 Å². The van der Waals surface area contributed by atoms with Crippen LogP contribution in [0.2, 0.25) is 0 Å². The van der Waals surface area contributed by atoms with Crippen molar-refractivity contribution in [1.29, 1.82) is 0 Å². The molecule has 0 spiro atoms. The van der Waals surface area contributed by atoms with E-state index < -0.39 is 6.10 Å². The SMILES string of the molecule is Cc1nnc([C@H]2Cc3ccccc3CN2C[C@H](O)Cc2ccc3ccccc3c2)o1. The van der Waals surface area contributed by atoms with Gasteiger partial charge in [0.15, 0.2) is 0 Å². The summed E-state index contributed by atoms with van der Waals surface area (Å²) in [5.74, 6) is 1.19. The molecule has 0 amide bonds. The topological polar surface area (TPSA) is 62.4 Å². The van der Waals surface area contributed by atoms with Gasteiger partial charge in [0, 0.05) is 20.0 Å². The van der Waals surface area contributed by atoms with Crippen molar-refractivity contribution < 1.29 is 9.52 Å². The largest absolute Gasteiger partial charge is 0.424 e. The Kier molecular flexibility index (Phi) is 5.07. The van der Waals surface area contributed by atoms with Gasteiger partial charge in [0.2, 0.25) is 11.8 Å². The molecule has 152 valence electrons. The molecule has 1 aliphatic heterocycles. The standard InChI is InChI=1S/C25H25N3O2/c1-17-26-27-25(30-17)24-14-21-8-4-5-9-22(21)15-28(24)16-23(29)13-18-10-11-19-6-2-3-7-20(19)12-18/h2-12,23-24,29H,13-16H2,1H3/t23-,24-/m1/s1. The first-order chi connectivity index (χ1) is 14.7. The van der Waals surface area contributed by atoms with Crippen LogP contribution in [0.25, 0.3) is 10.8 Å². The van der Waals surface area contributed by atoms with E-state index in [0.29, 0.717) is 24.7 Å². The number of nitrogens with zero attached hydrogens (tertiary/aromatic N) is 3. The molecule has 1 aliphatic rings. The molecule has 2 heterocycles. The van der Waals surface area contributed by atoms with Gasteiger partial charge < -0.3 is 9.52 Å².